The number of nitrogens with two attached hydrogens (primary N) is 1. The van der Waals surface area contributed by atoms with Crippen molar-refractivity contribution in [2.75, 3.05) is 18.8 Å². The molecule has 144 valence electrons. The van der Waals surface area contributed by atoms with Gasteiger partial charge in [0.2, 0.25) is 0 Å². The third-order valence-corrected chi connectivity index (χ3v) is 6.48. The van der Waals surface area contributed by atoms with E-state index in [4.69, 9.17) is 5.73 Å². The molecule has 0 aliphatic carbocycles. The monoisotopic (exact) mass is 390 g/mol. The number of nitrogens with one attached hydrogen (secondary N) is 1. The summed E-state index contributed by atoms with van der Waals surface area (Å²) in [6, 6.07) is 18.3. The zero-order chi connectivity index (χ0) is 19.3. The van der Waals surface area contributed by atoms with Crippen molar-refractivity contribution in [2.45, 2.75) is 25.7 Å². The second kappa shape index (κ2) is 8.72. The summed E-state index contributed by atoms with van der Waals surface area (Å²) < 4.78 is 0. The van der Waals surface area contributed by atoms with Crippen LogP contribution in [-0.2, 0) is 12.8 Å². The summed E-state index contributed by atoms with van der Waals surface area (Å²) in [5.41, 5.74) is 10.9. The molecule has 1 fully saturated rings. The molecule has 0 unspecified atom stereocenters. The Morgan fingerprint density at radius 3 is 2.57 bits per heavy atom. The minimum atomic E-state index is 0.114. The SMILES string of the molecule is Nc1ccc(-c2cccs2)cc1CC(=O)c1ccc(CC2CCNCC2)cc1. The van der Waals surface area contributed by atoms with Crippen molar-refractivity contribution in [3.05, 3.63) is 76.7 Å². The molecule has 0 radical (unpaired) electrons. The predicted molar refractivity (Wildman–Crippen MR) is 118 cm³/mol. The highest BCUT2D eigenvalue weighted by atomic mass is 32.1. The Balaban J connectivity index is 1.44. The number of piperidine rings is 1. The van der Waals surface area contributed by atoms with Crippen molar-refractivity contribution >= 4 is 22.8 Å². The second-order valence-electron chi connectivity index (χ2n) is 7.59. The summed E-state index contributed by atoms with van der Waals surface area (Å²) in [5, 5.41) is 5.47. The fourth-order valence-corrected chi connectivity index (χ4v) is 4.60. The molecule has 3 aromatic rings. The smallest absolute Gasteiger partial charge is 0.167 e. The van der Waals surface area contributed by atoms with Gasteiger partial charge in [0.25, 0.3) is 0 Å². The maximum Gasteiger partial charge on any atom is 0.167 e. The maximum absolute atomic E-state index is 12.8. The molecule has 1 saturated heterocycles. The number of hydrogen-bond donors (Lipinski definition) is 2. The molecule has 0 spiro atoms. The standard InChI is InChI=1S/C24H26N2OS/c25-22-8-7-20(24-2-1-13-28-24)15-21(22)16-23(27)19-5-3-17(4-6-19)14-18-9-11-26-12-10-18/h1-8,13,15,18,26H,9-12,14,16,25H2. The van der Waals surface area contributed by atoms with E-state index < -0.39 is 0 Å². The van der Waals surface area contributed by atoms with Crippen LogP contribution in [0.15, 0.2) is 60.0 Å². The lowest BCUT2D eigenvalue weighted by molar-refractivity contribution is 0.0993. The average molecular weight is 391 g/mol. The number of hydrogen-bond acceptors (Lipinski definition) is 4. The topological polar surface area (TPSA) is 55.1 Å². The Bertz CT molecular complexity index is 926. The molecule has 0 saturated carbocycles. The van der Waals surface area contributed by atoms with Crippen molar-refractivity contribution < 1.29 is 4.79 Å². The molecule has 0 atom stereocenters. The average Bonchev–Trinajstić information content (AvgIpc) is 3.26. The minimum absolute atomic E-state index is 0.114. The Labute approximate surface area is 170 Å². The van der Waals surface area contributed by atoms with Gasteiger partial charge in [-0.1, -0.05) is 36.4 Å². The number of ketones is 1. The Kier molecular flexibility index (Phi) is 5.89. The van der Waals surface area contributed by atoms with E-state index in [1.807, 2.05) is 36.4 Å². The van der Waals surface area contributed by atoms with Gasteiger partial charge in [0.15, 0.2) is 5.78 Å². The normalized spacial score (nSPS) is 14.9. The molecule has 1 aliphatic rings. The van der Waals surface area contributed by atoms with Crippen LogP contribution in [-0.4, -0.2) is 18.9 Å². The summed E-state index contributed by atoms with van der Waals surface area (Å²) in [6.45, 7) is 2.24. The van der Waals surface area contributed by atoms with Gasteiger partial charge in [0.1, 0.15) is 0 Å². The number of carbonyl (C=O) groups excluding carboxylic acids is 1. The van der Waals surface area contributed by atoms with Gasteiger partial charge in [-0.05, 0) is 78.5 Å². The van der Waals surface area contributed by atoms with Gasteiger partial charge in [-0.3, -0.25) is 4.79 Å². The van der Waals surface area contributed by atoms with Gasteiger partial charge < -0.3 is 11.1 Å². The molecule has 0 amide bonds. The van der Waals surface area contributed by atoms with Gasteiger partial charge in [0.05, 0.1) is 0 Å². The number of benzene rings is 2. The first-order valence-electron chi connectivity index (χ1n) is 9.94. The van der Waals surface area contributed by atoms with Gasteiger partial charge in [-0.2, -0.15) is 0 Å². The van der Waals surface area contributed by atoms with E-state index in [2.05, 4.69) is 28.9 Å². The first-order valence-corrected chi connectivity index (χ1v) is 10.8. The number of carbonyl (C=O) groups is 1. The zero-order valence-electron chi connectivity index (χ0n) is 16.0. The van der Waals surface area contributed by atoms with Crippen LogP contribution in [0.5, 0.6) is 0 Å². The predicted octanol–water partition coefficient (Wildman–Crippen LogP) is 4.96. The first-order chi connectivity index (χ1) is 13.7. The first kappa shape index (κ1) is 18.9. The van der Waals surface area contributed by atoms with Crippen molar-refractivity contribution in [3.8, 4) is 10.4 Å². The highest BCUT2D eigenvalue weighted by molar-refractivity contribution is 7.13. The fourth-order valence-electron chi connectivity index (χ4n) is 3.88. The molecular formula is C24H26N2OS. The number of nitrogen functional groups attached to an aromatic ring is 1. The summed E-state index contributed by atoms with van der Waals surface area (Å²) in [7, 11) is 0. The van der Waals surface area contributed by atoms with E-state index in [9.17, 15) is 4.79 Å². The molecule has 4 heteroatoms. The summed E-state index contributed by atoms with van der Waals surface area (Å²) in [6.07, 6.45) is 3.91. The molecule has 1 aromatic heterocycles. The van der Waals surface area contributed by atoms with Crippen LogP contribution in [0.4, 0.5) is 5.69 Å². The molecule has 4 rings (SSSR count). The van der Waals surface area contributed by atoms with E-state index in [1.54, 1.807) is 11.3 Å². The van der Waals surface area contributed by atoms with Crippen molar-refractivity contribution in [2.24, 2.45) is 5.92 Å². The van der Waals surface area contributed by atoms with Gasteiger partial charge in [-0.25, -0.2) is 0 Å². The van der Waals surface area contributed by atoms with Gasteiger partial charge in [-0.15, -0.1) is 11.3 Å². The molecule has 1 aliphatic heterocycles. The van der Waals surface area contributed by atoms with Crippen LogP contribution in [0, 0.1) is 5.92 Å². The van der Waals surface area contributed by atoms with E-state index in [1.165, 1.54) is 23.3 Å². The molecule has 2 heterocycles. The Hall–Kier alpha value is -2.43. The minimum Gasteiger partial charge on any atom is -0.398 e. The van der Waals surface area contributed by atoms with Crippen LogP contribution in [0.3, 0.4) is 0 Å². The summed E-state index contributed by atoms with van der Waals surface area (Å²) in [4.78, 5) is 14.0. The largest absolute Gasteiger partial charge is 0.398 e. The van der Waals surface area contributed by atoms with E-state index in [-0.39, 0.29) is 5.78 Å². The summed E-state index contributed by atoms with van der Waals surface area (Å²) >= 11 is 1.69. The Morgan fingerprint density at radius 1 is 1.07 bits per heavy atom. The number of Topliss-reactive ketones (excluding diaryl/α,β-unsaturated/α-hetero) is 1. The molecular weight excluding hydrogens is 364 g/mol. The van der Waals surface area contributed by atoms with Gasteiger partial charge in [0, 0.05) is 22.5 Å². The quantitative estimate of drug-likeness (QED) is 0.462. The van der Waals surface area contributed by atoms with E-state index in [0.29, 0.717) is 12.1 Å². The molecule has 2 aromatic carbocycles. The van der Waals surface area contributed by atoms with Crippen LogP contribution in [0.1, 0.15) is 34.3 Å². The maximum atomic E-state index is 12.8. The van der Waals surface area contributed by atoms with Gasteiger partial charge >= 0.3 is 0 Å². The van der Waals surface area contributed by atoms with Crippen molar-refractivity contribution in [1.82, 2.24) is 5.32 Å². The van der Waals surface area contributed by atoms with Crippen LogP contribution in [0.2, 0.25) is 0 Å². The number of thiophene rings is 1. The van der Waals surface area contributed by atoms with E-state index in [0.717, 1.165) is 42.1 Å². The lowest BCUT2D eigenvalue weighted by atomic mass is 9.90. The lowest BCUT2D eigenvalue weighted by Crippen LogP contribution is -2.28. The zero-order valence-corrected chi connectivity index (χ0v) is 16.8. The summed E-state index contributed by atoms with van der Waals surface area (Å²) in [5.74, 6) is 0.867. The highest BCUT2D eigenvalue weighted by Crippen LogP contribution is 2.28. The Morgan fingerprint density at radius 2 is 1.86 bits per heavy atom. The lowest BCUT2D eigenvalue weighted by Gasteiger charge is -2.22. The van der Waals surface area contributed by atoms with Crippen LogP contribution >= 0.6 is 11.3 Å². The number of rotatable bonds is 6. The molecule has 0 bridgehead atoms. The third-order valence-electron chi connectivity index (χ3n) is 5.56. The van der Waals surface area contributed by atoms with Crippen molar-refractivity contribution in [3.63, 3.8) is 0 Å². The molecule has 3 nitrogen and oxygen atoms in total. The number of anilines is 1. The second-order valence-corrected chi connectivity index (χ2v) is 8.53. The van der Waals surface area contributed by atoms with Crippen LogP contribution in [0.25, 0.3) is 10.4 Å². The van der Waals surface area contributed by atoms with E-state index >= 15 is 0 Å². The molecule has 3 N–H and O–H groups in total. The van der Waals surface area contributed by atoms with Crippen molar-refractivity contribution in [1.29, 1.82) is 0 Å². The third kappa shape index (κ3) is 4.51. The molecule has 28 heavy (non-hydrogen) atoms. The highest BCUT2D eigenvalue weighted by Gasteiger charge is 2.15. The fraction of sp³-hybridized carbons (Fsp3) is 0.292. The van der Waals surface area contributed by atoms with Crippen LogP contribution < -0.4 is 11.1 Å².